The molecule has 0 aliphatic rings. The molecule has 0 heterocycles. The summed E-state index contributed by atoms with van der Waals surface area (Å²) in [4.78, 5) is 14.3. The minimum absolute atomic E-state index is 0.282. The molecule has 2 rings (SSSR count). The lowest BCUT2D eigenvalue weighted by Crippen LogP contribution is -2.40. The molecule has 132 valence electrons. The molecule has 0 fully saturated rings. The zero-order valence-corrected chi connectivity index (χ0v) is 15.3. The summed E-state index contributed by atoms with van der Waals surface area (Å²) in [5.74, 6) is 0.848. The van der Waals surface area contributed by atoms with Crippen LogP contribution in [0.4, 0.5) is 5.69 Å². The van der Waals surface area contributed by atoms with Crippen LogP contribution in [0, 0.1) is 0 Å². The Hall–Kier alpha value is -2.80. The van der Waals surface area contributed by atoms with Gasteiger partial charge in [-0.05, 0) is 36.5 Å². The summed E-state index contributed by atoms with van der Waals surface area (Å²) in [5, 5.41) is 2.98. The van der Waals surface area contributed by atoms with Gasteiger partial charge in [-0.1, -0.05) is 18.2 Å². The van der Waals surface area contributed by atoms with Gasteiger partial charge in [-0.2, -0.15) is 0 Å². The Labute approximate surface area is 152 Å². The Morgan fingerprint density at radius 1 is 1.00 bits per heavy atom. The predicted octanol–water partition coefficient (Wildman–Crippen LogP) is 2.86. The van der Waals surface area contributed by atoms with Gasteiger partial charge in [0.2, 0.25) is 5.75 Å². The van der Waals surface area contributed by atoms with Crippen LogP contribution in [0.25, 0.3) is 0 Å². The van der Waals surface area contributed by atoms with E-state index in [2.05, 4.69) is 5.32 Å². The van der Waals surface area contributed by atoms with Gasteiger partial charge in [0, 0.05) is 18.3 Å². The minimum Gasteiger partial charge on any atom is -0.493 e. The Morgan fingerprint density at radius 2 is 1.56 bits per heavy atom. The lowest BCUT2D eigenvalue weighted by Gasteiger charge is -2.20. The standard InChI is InChI=1S/C18H20N2O4S/c1-20(13-8-6-5-7-9-13)18(25)19-17(21)12-10-14(22-2)16(24-4)15(11-12)23-3/h5-11H,1-4H3,(H,19,21,25). The first kappa shape index (κ1) is 18.5. The van der Waals surface area contributed by atoms with Gasteiger partial charge >= 0.3 is 0 Å². The fraction of sp³-hybridized carbons (Fsp3) is 0.222. The lowest BCUT2D eigenvalue weighted by atomic mass is 10.1. The molecule has 0 saturated heterocycles. The van der Waals surface area contributed by atoms with E-state index in [1.54, 1.807) is 24.1 Å². The van der Waals surface area contributed by atoms with Crippen LogP contribution >= 0.6 is 12.2 Å². The van der Waals surface area contributed by atoms with Crippen molar-refractivity contribution >= 4 is 28.9 Å². The van der Waals surface area contributed by atoms with E-state index in [0.717, 1.165) is 5.69 Å². The van der Waals surface area contributed by atoms with Crippen molar-refractivity contribution < 1.29 is 19.0 Å². The van der Waals surface area contributed by atoms with Crippen molar-refractivity contribution in [2.24, 2.45) is 0 Å². The molecular weight excluding hydrogens is 340 g/mol. The maximum atomic E-state index is 12.5. The van der Waals surface area contributed by atoms with E-state index in [4.69, 9.17) is 26.4 Å². The number of nitrogens with zero attached hydrogens (tertiary/aromatic N) is 1. The van der Waals surface area contributed by atoms with E-state index in [-0.39, 0.29) is 11.0 Å². The van der Waals surface area contributed by atoms with Crippen molar-refractivity contribution in [1.82, 2.24) is 5.32 Å². The first-order valence-corrected chi connectivity index (χ1v) is 7.86. The van der Waals surface area contributed by atoms with E-state index >= 15 is 0 Å². The van der Waals surface area contributed by atoms with Crippen molar-refractivity contribution in [3.8, 4) is 17.2 Å². The molecular formula is C18H20N2O4S. The molecule has 0 atom stereocenters. The summed E-state index contributed by atoms with van der Waals surface area (Å²) in [6.07, 6.45) is 0. The Bertz CT molecular complexity index is 740. The van der Waals surface area contributed by atoms with Gasteiger partial charge < -0.3 is 19.1 Å². The Morgan fingerprint density at radius 3 is 2.04 bits per heavy atom. The average Bonchev–Trinajstić information content (AvgIpc) is 2.66. The molecule has 0 aromatic heterocycles. The van der Waals surface area contributed by atoms with Gasteiger partial charge in [0.15, 0.2) is 16.6 Å². The number of benzene rings is 2. The third kappa shape index (κ3) is 4.19. The Kier molecular flexibility index (Phi) is 6.19. The summed E-state index contributed by atoms with van der Waals surface area (Å²) in [7, 11) is 6.27. The largest absolute Gasteiger partial charge is 0.493 e. The van der Waals surface area contributed by atoms with E-state index in [0.29, 0.717) is 22.8 Å². The molecule has 25 heavy (non-hydrogen) atoms. The molecule has 0 bridgehead atoms. The van der Waals surface area contributed by atoms with Gasteiger partial charge in [0.1, 0.15) is 0 Å². The van der Waals surface area contributed by atoms with Crippen molar-refractivity contribution in [2.75, 3.05) is 33.3 Å². The van der Waals surface area contributed by atoms with Gasteiger partial charge in [0.25, 0.3) is 5.91 Å². The number of hydrogen-bond donors (Lipinski definition) is 1. The van der Waals surface area contributed by atoms with Crippen LogP contribution in [0.15, 0.2) is 42.5 Å². The van der Waals surface area contributed by atoms with Crippen LogP contribution in [-0.4, -0.2) is 39.4 Å². The Balaban J connectivity index is 2.22. The average molecular weight is 360 g/mol. The van der Waals surface area contributed by atoms with Crippen molar-refractivity contribution in [3.05, 3.63) is 48.0 Å². The molecule has 0 aliphatic carbocycles. The van der Waals surface area contributed by atoms with Crippen molar-refractivity contribution in [2.45, 2.75) is 0 Å². The molecule has 0 spiro atoms. The van der Waals surface area contributed by atoms with E-state index in [1.807, 2.05) is 30.3 Å². The molecule has 1 N–H and O–H groups in total. The highest BCUT2D eigenvalue weighted by Crippen LogP contribution is 2.38. The van der Waals surface area contributed by atoms with Gasteiger partial charge in [-0.25, -0.2) is 0 Å². The maximum absolute atomic E-state index is 12.5. The molecule has 2 aromatic rings. The number of para-hydroxylation sites is 1. The number of methoxy groups -OCH3 is 3. The van der Waals surface area contributed by atoms with Crippen LogP contribution in [0.5, 0.6) is 17.2 Å². The molecule has 6 nitrogen and oxygen atoms in total. The molecule has 0 aliphatic heterocycles. The van der Waals surface area contributed by atoms with Gasteiger partial charge in [0.05, 0.1) is 21.3 Å². The number of rotatable bonds is 5. The fourth-order valence-corrected chi connectivity index (χ4v) is 2.43. The molecule has 7 heteroatoms. The van der Waals surface area contributed by atoms with Crippen molar-refractivity contribution in [1.29, 1.82) is 0 Å². The predicted molar refractivity (Wildman–Crippen MR) is 101 cm³/mol. The summed E-state index contributed by atoms with van der Waals surface area (Å²) in [5.41, 5.74) is 1.22. The quantitative estimate of drug-likeness (QED) is 0.828. The van der Waals surface area contributed by atoms with E-state index in [9.17, 15) is 4.79 Å². The van der Waals surface area contributed by atoms with Gasteiger partial charge in [-0.15, -0.1) is 0 Å². The van der Waals surface area contributed by atoms with Crippen LogP contribution in [0.2, 0.25) is 0 Å². The third-order valence-electron chi connectivity index (χ3n) is 3.60. The number of anilines is 1. The molecule has 0 saturated carbocycles. The van der Waals surface area contributed by atoms with E-state index in [1.165, 1.54) is 21.3 Å². The first-order chi connectivity index (χ1) is 12.0. The van der Waals surface area contributed by atoms with Crippen LogP contribution in [0.1, 0.15) is 10.4 Å². The second-order valence-electron chi connectivity index (χ2n) is 5.07. The van der Waals surface area contributed by atoms with Crippen LogP contribution in [-0.2, 0) is 0 Å². The highest BCUT2D eigenvalue weighted by molar-refractivity contribution is 7.80. The zero-order valence-electron chi connectivity index (χ0n) is 14.5. The summed E-state index contributed by atoms with van der Waals surface area (Å²) in [6.45, 7) is 0. The normalized spacial score (nSPS) is 9.92. The maximum Gasteiger partial charge on any atom is 0.257 e. The topological polar surface area (TPSA) is 60.0 Å². The number of carbonyl (C=O) groups excluding carboxylic acids is 1. The number of thiocarbonyl (C=S) groups is 1. The lowest BCUT2D eigenvalue weighted by molar-refractivity contribution is 0.0976. The number of ether oxygens (including phenoxy) is 3. The monoisotopic (exact) mass is 360 g/mol. The number of amides is 1. The molecule has 0 unspecified atom stereocenters. The smallest absolute Gasteiger partial charge is 0.257 e. The van der Waals surface area contributed by atoms with Crippen LogP contribution < -0.4 is 24.4 Å². The first-order valence-electron chi connectivity index (χ1n) is 7.46. The molecule has 1 amide bonds. The minimum atomic E-state index is -0.368. The number of hydrogen-bond acceptors (Lipinski definition) is 5. The zero-order chi connectivity index (χ0) is 18.4. The molecule has 0 radical (unpaired) electrons. The number of nitrogens with one attached hydrogen (secondary N) is 1. The third-order valence-corrected chi connectivity index (χ3v) is 3.97. The highest BCUT2D eigenvalue weighted by atomic mass is 32.1. The summed E-state index contributed by atoms with van der Waals surface area (Å²) in [6, 6.07) is 12.7. The highest BCUT2D eigenvalue weighted by Gasteiger charge is 2.18. The molecule has 2 aromatic carbocycles. The second-order valence-corrected chi connectivity index (χ2v) is 5.45. The second kappa shape index (κ2) is 8.34. The van der Waals surface area contributed by atoms with Gasteiger partial charge in [-0.3, -0.25) is 10.1 Å². The van der Waals surface area contributed by atoms with Crippen molar-refractivity contribution in [3.63, 3.8) is 0 Å². The summed E-state index contributed by atoms with van der Waals surface area (Å²) < 4.78 is 15.8. The van der Waals surface area contributed by atoms with Crippen LogP contribution in [0.3, 0.4) is 0 Å². The fourth-order valence-electron chi connectivity index (χ4n) is 2.23. The number of carbonyl (C=O) groups is 1. The van der Waals surface area contributed by atoms with E-state index < -0.39 is 0 Å². The summed E-state index contributed by atoms with van der Waals surface area (Å²) >= 11 is 5.31. The SMILES string of the molecule is COc1cc(C(=O)NC(=S)N(C)c2ccccc2)cc(OC)c1OC.